The van der Waals surface area contributed by atoms with E-state index < -0.39 is 0 Å². The average Bonchev–Trinajstić information content (AvgIpc) is 2.21. The van der Waals surface area contributed by atoms with Crippen molar-refractivity contribution in [3.8, 4) is 0 Å². The second-order valence-corrected chi connectivity index (χ2v) is 4.04. The molecule has 0 saturated heterocycles. The lowest BCUT2D eigenvalue weighted by molar-refractivity contribution is 0.548. The van der Waals surface area contributed by atoms with E-state index in [2.05, 4.69) is 0 Å². The molecule has 1 aromatic carbocycles. The second kappa shape index (κ2) is 7.07. The minimum absolute atomic E-state index is 0. The fraction of sp³-hybridized carbons (Fsp3) is 0.455. The van der Waals surface area contributed by atoms with E-state index in [0.717, 1.165) is 6.42 Å². The van der Waals surface area contributed by atoms with Crippen LogP contribution in [0.4, 0.5) is 4.39 Å². The molecule has 4 N–H and O–H groups in total. The maximum atomic E-state index is 13.7. The van der Waals surface area contributed by atoms with Crippen molar-refractivity contribution in [3.63, 3.8) is 0 Å². The van der Waals surface area contributed by atoms with E-state index in [4.69, 9.17) is 23.1 Å². The molecule has 0 aliphatic carbocycles. The Morgan fingerprint density at radius 3 is 2.62 bits per heavy atom. The fourth-order valence-electron chi connectivity index (χ4n) is 1.50. The van der Waals surface area contributed by atoms with Crippen molar-refractivity contribution in [1.29, 1.82) is 0 Å². The Kier molecular flexibility index (Phi) is 6.91. The van der Waals surface area contributed by atoms with Crippen LogP contribution in [0.15, 0.2) is 12.1 Å². The number of hydrogen-bond acceptors (Lipinski definition) is 2. The largest absolute Gasteiger partial charge is 0.330 e. The summed E-state index contributed by atoms with van der Waals surface area (Å²) in [5, 5.41) is 0.391. The van der Waals surface area contributed by atoms with E-state index in [9.17, 15) is 4.39 Å². The summed E-state index contributed by atoms with van der Waals surface area (Å²) >= 11 is 5.92. The van der Waals surface area contributed by atoms with Crippen LogP contribution in [-0.2, 0) is 0 Å². The van der Waals surface area contributed by atoms with Crippen molar-refractivity contribution < 1.29 is 4.39 Å². The third-order valence-corrected chi connectivity index (χ3v) is 2.74. The first-order valence-corrected chi connectivity index (χ1v) is 5.36. The maximum Gasteiger partial charge on any atom is 0.132 e. The van der Waals surface area contributed by atoms with Gasteiger partial charge in [0.2, 0.25) is 0 Å². The second-order valence-electron chi connectivity index (χ2n) is 3.63. The molecule has 0 radical (unpaired) electrons. The molecule has 1 atom stereocenters. The summed E-state index contributed by atoms with van der Waals surface area (Å²) in [5.74, 6) is -0.299. The Morgan fingerprint density at radius 1 is 1.44 bits per heavy atom. The van der Waals surface area contributed by atoms with E-state index in [1.54, 1.807) is 19.1 Å². The third kappa shape index (κ3) is 3.59. The smallest absolute Gasteiger partial charge is 0.132 e. The molecule has 2 nitrogen and oxygen atoms in total. The monoisotopic (exact) mass is 266 g/mol. The molecule has 0 heterocycles. The molecule has 0 aliphatic heterocycles. The lowest BCUT2D eigenvalue weighted by atomic mass is 10.00. The molecular formula is C11H17Cl2FN2. The summed E-state index contributed by atoms with van der Waals surface area (Å²) in [5.41, 5.74) is 12.2. The van der Waals surface area contributed by atoms with Gasteiger partial charge in [-0.3, -0.25) is 0 Å². The molecule has 0 bridgehead atoms. The van der Waals surface area contributed by atoms with Gasteiger partial charge in [-0.05, 0) is 37.9 Å². The Bertz CT molecular complexity index is 345. The zero-order chi connectivity index (χ0) is 11.4. The lowest BCUT2D eigenvalue weighted by Crippen LogP contribution is -2.15. The van der Waals surface area contributed by atoms with Crippen molar-refractivity contribution in [3.05, 3.63) is 34.1 Å². The summed E-state index contributed by atoms with van der Waals surface area (Å²) in [6, 6.07) is 2.95. The van der Waals surface area contributed by atoms with Gasteiger partial charge in [-0.25, -0.2) is 4.39 Å². The van der Waals surface area contributed by atoms with Crippen LogP contribution in [0.25, 0.3) is 0 Å². The van der Waals surface area contributed by atoms with E-state index in [1.165, 1.54) is 0 Å². The Balaban J connectivity index is 0.00000225. The molecule has 0 spiro atoms. The van der Waals surface area contributed by atoms with E-state index in [-0.39, 0.29) is 24.3 Å². The minimum Gasteiger partial charge on any atom is -0.330 e. The Hall–Kier alpha value is -0.350. The summed E-state index contributed by atoms with van der Waals surface area (Å²) in [6.45, 7) is 2.25. The Labute approximate surface area is 107 Å². The molecule has 0 aliphatic rings. The summed E-state index contributed by atoms with van der Waals surface area (Å²) < 4.78 is 13.7. The Morgan fingerprint density at radius 2 is 2.06 bits per heavy atom. The molecule has 1 aromatic rings. The standard InChI is InChI=1S/C11H16ClFN2.ClH/c1-7-4-5-8(12)10(11(7)13)9(15)3-2-6-14;/h4-5,9H,2-3,6,14-15H2,1H3;1H/t9-;/m1./s1. The van der Waals surface area contributed by atoms with Gasteiger partial charge in [0.25, 0.3) is 0 Å². The molecule has 0 saturated carbocycles. The van der Waals surface area contributed by atoms with Crippen LogP contribution in [0.2, 0.25) is 5.02 Å². The third-order valence-electron chi connectivity index (χ3n) is 2.41. The zero-order valence-corrected chi connectivity index (χ0v) is 10.7. The molecular weight excluding hydrogens is 250 g/mol. The first-order valence-electron chi connectivity index (χ1n) is 4.98. The number of hydrogen-bond donors (Lipinski definition) is 2. The van der Waals surface area contributed by atoms with Crippen LogP contribution in [0, 0.1) is 12.7 Å². The molecule has 1 rings (SSSR count). The van der Waals surface area contributed by atoms with Crippen LogP contribution >= 0.6 is 24.0 Å². The van der Waals surface area contributed by atoms with Crippen molar-refractivity contribution in [1.82, 2.24) is 0 Å². The average molecular weight is 267 g/mol. The topological polar surface area (TPSA) is 52.0 Å². The summed E-state index contributed by atoms with van der Waals surface area (Å²) in [7, 11) is 0. The van der Waals surface area contributed by atoms with Crippen LogP contribution in [0.1, 0.15) is 30.0 Å². The first kappa shape index (κ1) is 15.7. The molecule has 16 heavy (non-hydrogen) atoms. The van der Waals surface area contributed by atoms with E-state index in [0.29, 0.717) is 29.1 Å². The van der Waals surface area contributed by atoms with Gasteiger partial charge in [-0.2, -0.15) is 0 Å². The zero-order valence-electron chi connectivity index (χ0n) is 9.17. The lowest BCUT2D eigenvalue weighted by Gasteiger charge is -2.15. The van der Waals surface area contributed by atoms with Gasteiger partial charge in [-0.1, -0.05) is 17.7 Å². The van der Waals surface area contributed by atoms with Crippen LogP contribution in [0.3, 0.4) is 0 Å². The molecule has 0 amide bonds. The van der Waals surface area contributed by atoms with Gasteiger partial charge >= 0.3 is 0 Å². The van der Waals surface area contributed by atoms with Crippen molar-refractivity contribution in [2.24, 2.45) is 11.5 Å². The summed E-state index contributed by atoms with van der Waals surface area (Å²) in [6.07, 6.45) is 1.42. The number of benzene rings is 1. The van der Waals surface area contributed by atoms with Gasteiger partial charge in [0.15, 0.2) is 0 Å². The number of aryl methyl sites for hydroxylation is 1. The molecule has 92 valence electrons. The molecule has 0 unspecified atom stereocenters. The van der Waals surface area contributed by atoms with Gasteiger partial charge in [0, 0.05) is 16.6 Å². The van der Waals surface area contributed by atoms with Gasteiger partial charge < -0.3 is 11.5 Å². The molecule has 5 heteroatoms. The molecule has 0 aromatic heterocycles. The predicted molar refractivity (Wildman–Crippen MR) is 68.6 cm³/mol. The van der Waals surface area contributed by atoms with Crippen LogP contribution in [-0.4, -0.2) is 6.54 Å². The first-order chi connectivity index (χ1) is 7.07. The maximum absolute atomic E-state index is 13.7. The van der Waals surface area contributed by atoms with Crippen molar-refractivity contribution in [2.75, 3.05) is 6.54 Å². The van der Waals surface area contributed by atoms with Crippen LogP contribution < -0.4 is 11.5 Å². The number of halogens is 3. The number of rotatable bonds is 4. The highest BCUT2D eigenvalue weighted by molar-refractivity contribution is 6.31. The summed E-state index contributed by atoms with van der Waals surface area (Å²) in [4.78, 5) is 0. The van der Waals surface area contributed by atoms with Gasteiger partial charge in [0.1, 0.15) is 5.82 Å². The minimum atomic E-state index is -0.374. The normalized spacial score (nSPS) is 12.1. The number of nitrogens with two attached hydrogens (primary N) is 2. The highest BCUT2D eigenvalue weighted by Crippen LogP contribution is 2.28. The van der Waals surface area contributed by atoms with E-state index in [1.807, 2.05) is 0 Å². The van der Waals surface area contributed by atoms with E-state index >= 15 is 0 Å². The quantitative estimate of drug-likeness (QED) is 0.881. The SMILES string of the molecule is Cc1ccc(Cl)c([C@H](N)CCCN)c1F.Cl. The highest BCUT2D eigenvalue weighted by atomic mass is 35.5. The van der Waals surface area contributed by atoms with Crippen molar-refractivity contribution in [2.45, 2.75) is 25.8 Å². The predicted octanol–water partition coefficient (Wildman–Crippen LogP) is 2.95. The fourth-order valence-corrected chi connectivity index (χ4v) is 1.79. The highest BCUT2D eigenvalue weighted by Gasteiger charge is 2.16. The van der Waals surface area contributed by atoms with Gasteiger partial charge in [0.05, 0.1) is 0 Å². The molecule has 0 fully saturated rings. The van der Waals surface area contributed by atoms with Gasteiger partial charge in [-0.15, -0.1) is 12.4 Å². The van der Waals surface area contributed by atoms with Crippen LogP contribution in [0.5, 0.6) is 0 Å². The van der Waals surface area contributed by atoms with Crippen molar-refractivity contribution >= 4 is 24.0 Å².